The molecule has 1 heterocycles. The Morgan fingerprint density at radius 1 is 0.867 bits per heavy atom. The molecule has 0 bridgehead atoms. The highest BCUT2D eigenvalue weighted by molar-refractivity contribution is 7.92. The van der Waals surface area contributed by atoms with Crippen molar-refractivity contribution >= 4 is 32.7 Å². The maximum atomic E-state index is 13.1. The third-order valence-electron chi connectivity index (χ3n) is 4.98. The second-order valence-electron chi connectivity index (χ2n) is 7.50. The molecule has 0 spiro atoms. The molecule has 0 fully saturated rings. The van der Waals surface area contributed by atoms with Crippen LogP contribution in [0, 0.1) is 6.92 Å². The molecule has 3 rings (SSSR count). The van der Waals surface area contributed by atoms with Gasteiger partial charge in [-0.1, -0.05) is 56.5 Å². The first-order valence-electron chi connectivity index (χ1n) is 10.6. The van der Waals surface area contributed by atoms with Gasteiger partial charge in [-0.05, 0) is 44.0 Å². The number of para-hydroxylation sites is 2. The molecule has 7 heteroatoms. The first kappa shape index (κ1) is 22.0. The molecule has 0 atom stereocenters. The zero-order valence-corrected chi connectivity index (χ0v) is 18.7. The minimum Gasteiger partial charge on any atom is -0.354 e. The number of benzene rings is 2. The number of hydrogen-bond donors (Lipinski definition) is 1. The van der Waals surface area contributed by atoms with E-state index in [1.54, 1.807) is 24.3 Å². The molecule has 0 saturated heterocycles. The molecule has 30 heavy (non-hydrogen) atoms. The van der Waals surface area contributed by atoms with E-state index < -0.39 is 10.0 Å². The minimum absolute atomic E-state index is 0.211. The fourth-order valence-electron chi connectivity index (χ4n) is 3.20. The van der Waals surface area contributed by atoms with E-state index in [0.29, 0.717) is 11.3 Å². The number of anilines is 2. The van der Waals surface area contributed by atoms with Gasteiger partial charge in [-0.15, -0.1) is 0 Å². The van der Waals surface area contributed by atoms with Crippen LogP contribution in [0.5, 0.6) is 0 Å². The third-order valence-corrected chi connectivity index (χ3v) is 6.33. The molecule has 160 valence electrons. The lowest BCUT2D eigenvalue weighted by Gasteiger charge is -2.26. The number of hydrogen-bond acceptors (Lipinski definition) is 5. The molecule has 0 unspecified atom stereocenters. The van der Waals surface area contributed by atoms with Gasteiger partial charge in [-0.25, -0.2) is 18.4 Å². The van der Waals surface area contributed by atoms with Crippen LogP contribution in [0.4, 0.5) is 11.6 Å². The number of aryl methyl sites for hydroxylation is 1. The Bertz CT molecular complexity index is 1070. The zero-order chi connectivity index (χ0) is 21.6. The van der Waals surface area contributed by atoms with E-state index in [2.05, 4.69) is 28.5 Å². The van der Waals surface area contributed by atoms with Crippen LogP contribution in [-0.2, 0) is 10.0 Å². The third kappa shape index (κ3) is 5.27. The van der Waals surface area contributed by atoms with Gasteiger partial charge in [0, 0.05) is 13.1 Å². The zero-order valence-electron chi connectivity index (χ0n) is 17.9. The number of nitrogens with one attached hydrogen (secondary N) is 1. The lowest BCUT2D eigenvalue weighted by atomic mass is 10.2. The highest BCUT2D eigenvalue weighted by Gasteiger charge is 2.21. The summed E-state index contributed by atoms with van der Waals surface area (Å²) in [6.45, 7) is 7.83. The van der Waals surface area contributed by atoms with Crippen LogP contribution in [0.15, 0.2) is 53.4 Å². The molecule has 0 saturated carbocycles. The highest BCUT2D eigenvalue weighted by atomic mass is 32.2. The SMILES string of the molecule is CCCCN(CCCC)c1nc2ccccc2nc1NS(=O)(=O)c1ccc(C)cc1. The summed E-state index contributed by atoms with van der Waals surface area (Å²) in [7, 11) is -3.77. The van der Waals surface area contributed by atoms with Crippen LogP contribution < -0.4 is 9.62 Å². The van der Waals surface area contributed by atoms with E-state index >= 15 is 0 Å². The molecule has 0 aliphatic heterocycles. The Morgan fingerprint density at radius 3 is 2.00 bits per heavy atom. The largest absolute Gasteiger partial charge is 0.354 e. The van der Waals surface area contributed by atoms with Crippen molar-refractivity contribution in [1.82, 2.24) is 9.97 Å². The van der Waals surface area contributed by atoms with Gasteiger partial charge in [-0.3, -0.25) is 4.72 Å². The van der Waals surface area contributed by atoms with E-state index in [0.717, 1.165) is 49.9 Å². The predicted octanol–water partition coefficient (Wildman–Crippen LogP) is 5.15. The van der Waals surface area contributed by atoms with Gasteiger partial charge < -0.3 is 4.90 Å². The number of fused-ring (bicyclic) bond motifs is 1. The Hall–Kier alpha value is -2.67. The Kier molecular flexibility index (Phi) is 7.26. The fourth-order valence-corrected chi connectivity index (χ4v) is 4.21. The Balaban J connectivity index is 2.06. The van der Waals surface area contributed by atoms with E-state index in [1.807, 2.05) is 31.2 Å². The molecule has 0 radical (unpaired) electrons. The lowest BCUT2D eigenvalue weighted by molar-refractivity contribution is 0.601. The summed E-state index contributed by atoms with van der Waals surface area (Å²) in [5.74, 6) is 0.868. The standard InChI is InChI=1S/C23H30N4O2S/c1-4-6-16-27(17-7-5-2)23-22(24-20-10-8-9-11-21(20)25-23)26-30(28,29)19-14-12-18(3)13-15-19/h8-15H,4-7,16-17H2,1-3H3,(H,24,26). The smallest absolute Gasteiger partial charge is 0.263 e. The van der Waals surface area contributed by atoms with Crippen molar-refractivity contribution in [3.63, 3.8) is 0 Å². The van der Waals surface area contributed by atoms with Crippen LogP contribution in [-0.4, -0.2) is 31.5 Å². The first-order valence-corrected chi connectivity index (χ1v) is 12.0. The monoisotopic (exact) mass is 426 g/mol. The molecule has 2 aromatic carbocycles. The van der Waals surface area contributed by atoms with Crippen LogP contribution in [0.25, 0.3) is 11.0 Å². The van der Waals surface area contributed by atoms with Crippen LogP contribution in [0.1, 0.15) is 45.1 Å². The second-order valence-corrected chi connectivity index (χ2v) is 9.18. The number of aromatic nitrogens is 2. The summed E-state index contributed by atoms with van der Waals surface area (Å²) in [5, 5.41) is 0. The maximum absolute atomic E-state index is 13.1. The van der Waals surface area contributed by atoms with E-state index in [9.17, 15) is 8.42 Å². The van der Waals surface area contributed by atoms with Gasteiger partial charge in [-0.2, -0.15) is 0 Å². The first-order chi connectivity index (χ1) is 14.4. The molecule has 3 aromatic rings. The van der Waals surface area contributed by atoms with E-state index in [4.69, 9.17) is 4.98 Å². The van der Waals surface area contributed by atoms with Gasteiger partial charge >= 0.3 is 0 Å². The highest BCUT2D eigenvalue weighted by Crippen LogP contribution is 2.28. The number of unbranched alkanes of at least 4 members (excludes halogenated alkanes) is 2. The summed E-state index contributed by atoms with van der Waals surface area (Å²) in [6, 6.07) is 14.3. The van der Waals surface area contributed by atoms with Crippen LogP contribution >= 0.6 is 0 Å². The normalized spacial score (nSPS) is 11.6. The van der Waals surface area contributed by atoms with Crippen molar-refractivity contribution in [2.45, 2.75) is 51.3 Å². The van der Waals surface area contributed by atoms with Gasteiger partial charge in [0.2, 0.25) is 0 Å². The van der Waals surface area contributed by atoms with Crippen molar-refractivity contribution in [3.8, 4) is 0 Å². The van der Waals surface area contributed by atoms with Gasteiger partial charge in [0.25, 0.3) is 10.0 Å². The molecular formula is C23H30N4O2S. The summed E-state index contributed by atoms with van der Waals surface area (Å²) in [4.78, 5) is 11.8. The van der Waals surface area contributed by atoms with Crippen LogP contribution in [0.2, 0.25) is 0 Å². The summed E-state index contributed by atoms with van der Waals surface area (Å²) in [6.07, 6.45) is 4.10. The number of nitrogens with zero attached hydrogens (tertiary/aromatic N) is 3. The fraction of sp³-hybridized carbons (Fsp3) is 0.391. The predicted molar refractivity (Wildman–Crippen MR) is 124 cm³/mol. The maximum Gasteiger partial charge on any atom is 0.263 e. The van der Waals surface area contributed by atoms with Gasteiger partial charge in [0.05, 0.1) is 15.9 Å². The second kappa shape index (κ2) is 9.89. The summed E-state index contributed by atoms with van der Waals surface area (Å²) < 4.78 is 28.8. The molecule has 6 nitrogen and oxygen atoms in total. The molecule has 0 aliphatic rings. The Labute approximate surface area is 179 Å². The molecule has 0 amide bonds. The van der Waals surface area contributed by atoms with E-state index in [-0.39, 0.29) is 10.7 Å². The molecule has 1 aromatic heterocycles. The summed E-state index contributed by atoms with van der Waals surface area (Å²) in [5.41, 5.74) is 2.42. The molecule has 1 N–H and O–H groups in total. The molecular weight excluding hydrogens is 396 g/mol. The van der Waals surface area contributed by atoms with Crippen molar-refractivity contribution in [2.24, 2.45) is 0 Å². The minimum atomic E-state index is -3.77. The van der Waals surface area contributed by atoms with E-state index in [1.165, 1.54) is 0 Å². The summed E-state index contributed by atoms with van der Waals surface area (Å²) >= 11 is 0. The number of rotatable bonds is 10. The van der Waals surface area contributed by atoms with Gasteiger partial charge in [0.1, 0.15) is 0 Å². The quantitative estimate of drug-likeness (QED) is 0.485. The Morgan fingerprint density at radius 2 is 1.43 bits per heavy atom. The van der Waals surface area contributed by atoms with Gasteiger partial charge in [0.15, 0.2) is 11.6 Å². The van der Waals surface area contributed by atoms with Crippen molar-refractivity contribution in [3.05, 3.63) is 54.1 Å². The average molecular weight is 427 g/mol. The average Bonchev–Trinajstić information content (AvgIpc) is 2.74. The van der Waals surface area contributed by atoms with Crippen molar-refractivity contribution < 1.29 is 8.42 Å². The lowest BCUT2D eigenvalue weighted by Crippen LogP contribution is -2.29. The van der Waals surface area contributed by atoms with Crippen molar-refractivity contribution in [2.75, 3.05) is 22.7 Å². The number of sulfonamides is 1. The molecule has 0 aliphatic carbocycles. The van der Waals surface area contributed by atoms with Crippen LogP contribution in [0.3, 0.4) is 0 Å². The van der Waals surface area contributed by atoms with Crippen molar-refractivity contribution in [1.29, 1.82) is 0 Å². The topological polar surface area (TPSA) is 75.2 Å².